The van der Waals surface area contributed by atoms with Gasteiger partial charge in [-0.1, -0.05) is 12.1 Å². The molecular formula is C16H24BNO4. The molecule has 6 heteroatoms. The van der Waals surface area contributed by atoms with Crippen LogP contribution in [0.4, 0.5) is 10.5 Å². The molecule has 0 radical (unpaired) electrons. The van der Waals surface area contributed by atoms with Gasteiger partial charge in [-0.3, -0.25) is 4.90 Å². The minimum Gasteiger partial charge on any atom is -0.452 e. The Morgan fingerprint density at radius 1 is 1.18 bits per heavy atom. The number of hydrogen-bond donors (Lipinski definition) is 0. The molecule has 1 amide bonds. The van der Waals surface area contributed by atoms with Crippen LogP contribution in [0.3, 0.4) is 0 Å². The molecule has 0 unspecified atom stereocenters. The third-order valence-corrected chi connectivity index (χ3v) is 4.57. The molecule has 1 heterocycles. The number of benzene rings is 1. The fourth-order valence-corrected chi connectivity index (χ4v) is 2.35. The Morgan fingerprint density at radius 2 is 1.73 bits per heavy atom. The predicted octanol–water partition coefficient (Wildman–Crippen LogP) is 2.50. The van der Waals surface area contributed by atoms with Gasteiger partial charge in [0.25, 0.3) is 0 Å². The average molecular weight is 305 g/mol. The first-order chi connectivity index (χ1) is 10.1. The van der Waals surface area contributed by atoms with Gasteiger partial charge in [0.1, 0.15) is 0 Å². The van der Waals surface area contributed by atoms with Crippen molar-refractivity contribution in [1.82, 2.24) is 0 Å². The Bertz CT molecular complexity index is 570. The summed E-state index contributed by atoms with van der Waals surface area (Å²) in [6.07, 6.45) is -0.408. The normalized spacial score (nSPS) is 19.1. The summed E-state index contributed by atoms with van der Waals surface area (Å²) in [6, 6.07) is 5.83. The summed E-state index contributed by atoms with van der Waals surface area (Å²) in [7, 11) is 2.60. The summed E-state index contributed by atoms with van der Waals surface area (Å²) in [5, 5.41) is 0. The number of carbonyl (C=O) groups is 1. The number of hydrogen-bond acceptors (Lipinski definition) is 4. The highest BCUT2D eigenvalue weighted by Gasteiger charge is 2.51. The number of anilines is 1. The molecule has 22 heavy (non-hydrogen) atoms. The van der Waals surface area contributed by atoms with Crippen LogP contribution in [0.15, 0.2) is 18.2 Å². The van der Waals surface area contributed by atoms with E-state index in [0.717, 1.165) is 16.7 Å². The summed E-state index contributed by atoms with van der Waals surface area (Å²) in [5.41, 5.74) is 1.86. The van der Waals surface area contributed by atoms with Crippen molar-refractivity contribution in [1.29, 1.82) is 0 Å². The quantitative estimate of drug-likeness (QED) is 0.788. The topological polar surface area (TPSA) is 48.0 Å². The summed E-state index contributed by atoms with van der Waals surface area (Å²) < 4.78 is 16.9. The molecule has 5 nitrogen and oxygen atoms in total. The van der Waals surface area contributed by atoms with E-state index in [1.165, 1.54) is 12.0 Å². The first-order valence-corrected chi connectivity index (χ1v) is 7.37. The van der Waals surface area contributed by atoms with E-state index in [0.29, 0.717) is 0 Å². The number of rotatable bonds is 2. The number of methoxy groups -OCH3 is 1. The van der Waals surface area contributed by atoms with Crippen molar-refractivity contribution < 1.29 is 18.8 Å². The van der Waals surface area contributed by atoms with E-state index in [1.54, 1.807) is 7.05 Å². The van der Waals surface area contributed by atoms with Crippen LogP contribution in [-0.4, -0.2) is 38.6 Å². The predicted molar refractivity (Wildman–Crippen MR) is 87.7 cm³/mol. The second kappa shape index (κ2) is 5.59. The molecule has 1 saturated heterocycles. The molecule has 0 atom stereocenters. The fraction of sp³-hybridized carbons (Fsp3) is 0.562. The Morgan fingerprint density at radius 3 is 2.23 bits per heavy atom. The third kappa shape index (κ3) is 2.85. The Kier molecular flexibility index (Phi) is 4.28. The van der Waals surface area contributed by atoms with Crippen molar-refractivity contribution in [2.24, 2.45) is 0 Å². The Hall–Kier alpha value is -1.53. The van der Waals surface area contributed by atoms with Gasteiger partial charge in [-0.25, -0.2) is 4.79 Å². The van der Waals surface area contributed by atoms with E-state index in [4.69, 9.17) is 14.0 Å². The standard InChI is InChI=1S/C16H24BNO4/c1-11-8-9-12(10-13(11)18(6)14(19)20-7)17-21-15(2,3)16(4,5)22-17/h8-10H,1-7H3. The van der Waals surface area contributed by atoms with Crippen molar-refractivity contribution in [3.63, 3.8) is 0 Å². The maximum Gasteiger partial charge on any atom is 0.494 e. The zero-order chi connectivity index (χ0) is 16.7. The lowest BCUT2D eigenvalue weighted by Crippen LogP contribution is -2.41. The molecule has 0 aliphatic carbocycles. The molecule has 120 valence electrons. The van der Waals surface area contributed by atoms with E-state index in [-0.39, 0.29) is 0 Å². The first kappa shape index (κ1) is 16.8. The largest absolute Gasteiger partial charge is 0.494 e. The smallest absolute Gasteiger partial charge is 0.452 e. The molecule has 1 aromatic carbocycles. The SMILES string of the molecule is COC(=O)N(C)c1cc(B2OC(C)(C)C(C)(C)O2)ccc1C. The van der Waals surface area contributed by atoms with Gasteiger partial charge in [-0.05, 0) is 51.7 Å². The number of ether oxygens (including phenoxy) is 1. The zero-order valence-corrected chi connectivity index (χ0v) is 14.4. The molecule has 0 aromatic heterocycles. The van der Waals surface area contributed by atoms with Crippen LogP contribution in [-0.2, 0) is 14.0 Å². The Balaban J connectivity index is 2.33. The molecule has 0 saturated carbocycles. The fourth-order valence-electron chi connectivity index (χ4n) is 2.35. The van der Waals surface area contributed by atoms with E-state index >= 15 is 0 Å². The van der Waals surface area contributed by atoms with Crippen LogP contribution in [0.25, 0.3) is 0 Å². The van der Waals surface area contributed by atoms with Crippen LogP contribution in [0.5, 0.6) is 0 Å². The average Bonchev–Trinajstić information content (AvgIpc) is 2.66. The molecule has 0 spiro atoms. The van der Waals surface area contributed by atoms with Crippen molar-refractivity contribution in [2.45, 2.75) is 45.8 Å². The summed E-state index contributed by atoms with van der Waals surface area (Å²) in [5.74, 6) is 0. The van der Waals surface area contributed by atoms with Crippen LogP contribution in [0.1, 0.15) is 33.3 Å². The maximum atomic E-state index is 11.7. The summed E-state index contributed by atoms with van der Waals surface area (Å²) in [4.78, 5) is 13.2. The van der Waals surface area contributed by atoms with Crippen molar-refractivity contribution in [3.8, 4) is 0 Å². The van der Waals surface area contributed by atoms with E-state index in [2.05, 4.69) is 0 Å². The second-order valence-corrected chi connectivity index (χ2v) is 6.66. The molecule has 1 aliphatic heterocycles. The van der Waals surface area contributed by atoms with Crippen molar-refractivity contribution >= 4 is 24.4 Å². The minimum absolute atomic E-state index is 0.392. The lowest BCUT2D eigenvalue weighted by molar-refractivity contribution is 0.00578. The van der Waals surface area contributed by atoms with Gasteiger partial charge in [0.2, 0.25) is 0 Å². The number of aryl methyl sites for hydroxylation is 1. The van der Waals surface area contributed by atoms with Gasteiger partial charge in [-0.15, -0.1) is 0 Å². The lowest BCUT2D eigenvalue weighted by atomic mass is 9.78. The molecule has 0 bridgehead atoms. The van der Waals surface area contributed by atoms with Crippen LogP contribution in [0, 0.1) is 6.92 Å². The minimum atomic E-state index is -0.449. The third-order valence-electron chi connectivity index (χ3n) is 4.57. The van der Waals surface area contributed by atoms with Gasteiger partial charge < -0.3 is 14.0 Å². The highest BCUT2D eigenvalue weighted by atomic mass is 16.7. The van der Waals surface area contributed by atoms with Crippen LogP contribution < -0.4 is 10.4 Å². The first-order valence-electron chi connectivity index (χ1n) is 7.37. The number of carbonyl (C=O) groups excluding carboxylic acids is 1. The second-order valence-electron chi connectivity index (χ2n) is 6.66. The highest BCUT2D eigenvalue weighted by Crippen LogP contribution is 2.36. The molecule has 1 aromatic rings. The van der Waals surface area contributed by atoms with Gasteiger partial charge in [0, 0.05) is 12.7 Å². The van der Waals surface area contributed by atoms with Gasteiger partial charge in [0.05, 0.1) is 18.3 Å². The van der Waals surface area contributed by atoms with Gasteiger partial charge in [0.15, 0.2) is 0 Å². The number of nitrogens with zero attached hydrogens (tertiary/aromatic N) is 1. The van der Waals surface area contributed by atoms with Crippen LogP contribution >= 0.6 is 0 Å². The van der Waals surface area contributed by atoms with Crippen molar-refractivity contribution in [2.75, 3.05) is 19.1 Å². The van der Waals surface area contributed by atoms with E-state index in [9.17, 15) is 4.79 Å². The summed E-state index contributed by atoms with van der Waals surface area (Å²) >= 11 is 0. The molecule has 0 N–H and O–H groups in total. The number of amides is 1. The summed E-state index contributed by atoms with van der Waals surface area (Å²) in [6.45, 7) is 10.0. The Labute approximate surface area is 132 Å². The van der Waals surface area contributed by atoms with Gasteiger partial charge >= 0.3 is 13.2 Å². The molecule has 1 fully saturated rings. The highest BCUT2D eigenvalue weighted by molar-refractivity contribution is 6.62. The van der Waals surface area contributed by atoms with E-state index < -0.39 is 24.4 Å². The molecule has 2 rings (SSSR count). The molecule has 1 aliphatic rings. The molecular weight excluding hydrogens is 281 g/mol. The van der Waals surface area contributed by atoms with Gasteiger partial charge in [-0.2, -0.15) is 0 Å². The van der Waals surface area contributed by atoms with Crippen LogP contribution in [0.2, 0.25) is 0 Å². The lowest BCUT2D eigenvalue weighted by Gasteiger charge is -2.32. The van der Waals surface area contributed by atoms with Crippen molar-refractivity contribution in [3.05, 3.63) is 23.8 Å². The monoisotopic (exact) mass is 305 g/mol. The van der Waals surface area contributed by atoms with E-state index in [1.807, 2.05) is 52.8 Å². The zero-order valence-electron chi connectivity index (χ0n) is 14.4. The maximum absolute atomic E-state index is 11.7.